The molecule has 446 valence electrons. The van der Waals surface area contributed by atoms with Crippen LogP contribution in [0.1, 0.15) is 40.0 Å². The molecule has 6 unspecified atom stereocenters. The van der Waals surface area contributed by atoms with Gasteiger partial charge in [0.1, 0.15) is 0 Å². The van der Waals surface area contributed by atoms with Gasteiger partial charge >= 0.3 is 11.9 Å². The van der Waals surface area contributed by atoms with Gasteiger partial charge in [-0.3, -0.25) is 62.3 Å². The van der Waals surface area contributed by atoms with E-state index in [0.717, 1.165) is 23.9 Å². The summed E-state index contributed by atoms with van der Waals surface area (Å²) in [6, 6.07) is 0. The highest BCUT2D eigenvalue weighted by Crippen LogP contribution is 2.23. The number of hydrogen-bond donors (Lipinski definition) is 7. The maximum absolute atomic E-state index is 12.5. The van der Waals surface area contributed by atoms with Gasteiger partial charge in [-0.2, -0.15) is 24.4 Å². The summed E-state index contributed by atoms with van der Waals surface area (Å²) in [4.78, 5) is 155. The molecule has 0 spiro atoms. The van der Waals surface area contributed by atoms with E-state index in [1.54, 1.807) is 55.1 Å². The highest BCUT2D eigenvalue weighted by atomic mass is 32.2. The number of methoxy groups -OCH3 is 2. The molecule has 7 N–H and O–H groups in total. The van der Waals surface area contributed by atoms with Gasteiger partial charge in [-0.25, -0.2) is 0 Å². The fraction of sp³-hybridized carbons (Fsp3) is 0.755. The Morgan fingerprint density at radius 3 is 1.05 bits per heavy atom. The Balaban J connectivity index is 0.000000366. The molecule has 10 amide bonds. The lowest BCUT2D eigenvalue weighted by Gasteiger charge is -2.19. The topological polar surface area (TPSA) is 329 Å². The molecule has 6 saturated heterocycles. The number of nitrogens with zero attached hydrogens (tertiary/aromatic N) is 6. The molecule has 6 heterocycles. The lowest BCUT2D eigenvalue weighted by Crippen LogP contribution is -2.40. The first kappa shape index (κ1) is 66.5. The maximum atomic E-state index is 12.5. The molecule has 0 radical (unpaired) electrons. The second-order valence-electron chi connectivity index (χ2n) is 19.6. The molecule has 6 fully saturated rings. The fourth-order valence-electron chi connectivity index (χ4n) is 9.67. The van der Waals surface area contributed by atoms with Crippen molar-refractivity contribution < 1.29 is 68.4 Å². The molecule has 0 aliphatic carbocycles. The van der Waals surface area contributed by atoms with Crippen LogP contribution in [-0.2, 0) is 67.0 Å². The SMILES string of the molecule is COC(=O)C1CC(=O)N(CCNC(=O)C2CC(=O)N(CCNC(=O)C3CC(=O)N(CCS)C3)C2)C1.COC(=O)C1CC(=O)N(CCNC(=O)C2CC(=O)N(CCNC(=O)C3CC(=O)N(CCSC)C3)C2)C1.CSCNSCCN.[HH]. The Hall–Kier alpha value is -5.04. The third-order valence-electron chi connectivity index (χ3n) is 14.0. The van der Waals surface area contributed by atoms with Gasteiger partial charge in [0.25, 0.3) is 0 Å². The monoisotopic (exact) mass is 1190 g/mol. The molecule has 6 aliphatic heterocycles. The lowest BCUT2D eigenvalue weighted by molar-refractivity contribution is -0.145. The summed E-state index contributed by atoms with van der Waals surface area (Å²) in [7, 11) is 2.57. The van der Waals surface area contributed by atoms with Crippen molar-refractivity contribution in [3.63, 3.8) is 0 Å². The number of rotatable bonds is 28. The number of thiol groups is 1. The first-order chi connectivity index (χ1) is 37.9. The van der Waals surface area contributed by atoms with E-state index in [0.29, 0.717) is 38.5 Å². The summed E-state index contributed by atoms with van der Waals surface area (Å²) in [5.41, 5.74) is 5.24. The van der Waals surface area contributed by atoms with Crippen LogP contribution in [-0.4, -0.2) is 262 Å². The summed E-state index contributed by atoms with van der Waals surface area (Å²) in [6.07, 6.45) is 4.81. The van der Waals surface area contributed by atoms with Gasteiger partial charge in [0.2, 0.25) is 59.1 Å². The van der Waals surface area contributed by atoms with Crippen molar-refractivity contribution in [3.8, 4) is 0 Å². The summed E-state index contributed by atoms with van der Waals surface area (Å²) in [5.74, 6) is -1.83. The first-order valence-corrected chi connectivity index (χ1v) is 30.8. The molecule has 26 nitrogen and oxygen atoms in total. The largest absolute Gasteiger partial charge is 0.469 e. The van der Waals surface area contributed by atoms with Crippen molar-refractivity contribution in [2.24, 2.45) is 41.2 Å². The molecule has 0 aromatic heterocycles. The van der Waals surface area contributed by atoms with Crippen LogP contribution in [0.25, 0.3) is 0 Å². The zero-order valence-electron chi connectivity index (χ0n) is 45.7. The quantitative estimate of drug-likeness (QED) is 0.0134. The van der Waals surface area contributed by atoms with E-state index in [1.807, 2.05) is 6.26 Å². The number of ether oxygens (including phenoxy) is 2. The van der Waals surface area contributed by atoms with Crippen LogP contribution < -0.4 is 31.7 Å². The van der Waals surface area contributed by atoms with Gasteiger partial charge in [-0.1, -0.05) is 11.9 Å². The molecule has 6 atom stereocenters. The third kappa shape index (κ3) is 21.4. The minimum Gasteiger partial charge on any atom is -0.469 e. The van der Waals surface area contributed by atoms with Crippen LogP contribution in [0.2, 0.25) is 0 Å². The summed E-state index contributed by atoms with van der Waals surface area (Å²) in [6.45, 7) is 5.86. The fourth-order valence-corrected chi connectivity index (χ4v) is 11.4. The van der Waals surface area contributed by atoms with E-state index < -0.39 is 41.5 Å². The van der Waals surface area contributed by atoms with Gasteiger partial charge in [0.05, 0.1) is 55.6 Å². The van der Waals surface area contributed by atoms with E-state index in [1.165, 1.54) is 24.0 Å². The van der Waals surface area contributed by atoms with Gasteiger partial charge in [0.15, 0.2) is 0 Å². The highest BCUT2D eigenvalue weighted by Gasteiger charge is 2.40. The van der Waals surface area contributed by atoms with Crippen LogP contribution in [0.5, 0.6) is 0 Å². The van der Waals surface area contributed by atoms with E-state index in [2.05, 4.69) is 54.3 Å². The maximum Gasteiger partial charge on any atom is 0.310 e. The number of carbonyl (C=O) groups is 12. The number of thioether (sulfide) groups is 2. The minimum absolute atomic E-state index is 0. The molecule has 6 rings (SSSR count). The number of nitrogens with one attached hydrogen (secondary N) is 5. The first-order valence-electron chi connectivity index (χ1n) is 26.4. The van der Waals surface area contributed by atoms with Crippen molar-refractivity contribution in [3.05, 3.63) is 0 Å². The Labute approximate surface area is 481 Å². The normalized spacial score (nSPS) is 22.7. The Kier molecular flexibility index (Phi) is 29.4. The zero-order valence-corrected chi connectivity index (χ0v) is 49.0. The molecule has 6 aliphatic rings. The molecule has 0 aromatic carbocycles. The molecule has 0 bridgehead atoms. The summed E-state index contributed by atoms with van der Waals surface area (Å²) >= 11 is 9.23. The minimum atomic E-state index is -0.502. The van der Waals surface area contributed by atoms with Crippen LogP contribution in [0.3, 0.4) is 0 Å². The highest BCUT2D eigenvalue weighted by molar-refractivity contribution is 8.01. The van der Waals surface area contributed by atoms with Gasteiger partial charge in [-0.15, -0.1) is 11.8 Å². The average molecular weight is 1190 g/mol. The second-order valence-corrected chi connectivity index (χ2v) is 22.9. The van der Waals surface area contributed by atoms with Crippen LogP contribution in [0.4, 0.5) is 0 Å². The second kappa shape index (κ2) is 35.0. The molecular weight excluding hydrogens is 1110 g/mol. The zero-order chi connectivity index (χ0) is 58.0. The van der Waals surface area contributed by atoms with E-state index in [4.69, 9.17) is 5.73 Å². The Morgan fingerprint density at radius 2 is 0.772 bits per heavy atom. The van der Waals surface area contributed by atoms with E-state index in [-0.39, 0.29) is 177 Å². The van der Waals surface area contributed by atoms with Crippen molar-refractivity contribution in [2.75, 3.05) is 161 Å². The van der Waals surface area contributed by atoms with Crippen molar-refractivity contribution in [1.29, 1.82) is 0 Å². The van der Waals surface area contributed by atoms with Crippen molar-refractivity contribution in [2.45, 2.75) is 38.5 Å². The van der Waals surface area contributed by atoms with Crippen molar-refractivity contribution >= 4 is 119 Å². The van der Waals surface area contributed by atoms with Crippen LogP contribution in [0.15, 0.2) is 0 Å². The number of nitrogens with two attached hydrogens (primary N) is 1. The van der Waals surface area contributed by atoms with Gasteiger partial charge < -0.3 is 65.9 Å². The Bertz CT molecular complexity index is 2150. The Morgan fingerprint density at radius 1 is 0.481 bits per heavy atom. The molecular formula is C49H82N12O14S4. The lowest BCUT2D eigenvalue weighted by atomic mass is 10.1. The van der Waals surface area contributed by atoms with E-state index >= 15 is 0 Å². The molecule has 0 saturated carbocycles. The smallest absolute Gasteiger partial charge is 0.310 e. The van der Waals surface area contributed by atoms with Crippen LogP contribution >= 0.6 is 48.1 Å². The van der Waals surface area contributed by atoms with Gasteiger partial charge in [-0.05, 0) is 12.5 Å². The van der Waals surface area contributed by atoms with Crippen molar-refractivity contribution in [1.82, 2.24) is 55.4 Å². The molecule has 0 aromatic rings. The number of hydrogen-bond acceptors (Lipinski definition) is 20. The number of likely N-dealkylation sites (tertiary alicyclic amines) is 6. The summed E-state index contributed by atoms with van der Waals surface area (Å²) in [5, 5.41) is 11.1. The number of esters is 2. The third-order valence-corrected chi connectivity index (χ3v) is 16.2. The average Bonchev–Trinajstić information content (AvgIpc) is 4.31. The van der Waals surface area contributed by atoms with E-state index in [9.17, 15) is 57.5 Å². The van der Waals surface area contributed by atoms with Crippen LogP contribution in [0, 0.1) is 35.5 Å². The predicted octanol–water partition coefficient (Wildman–Crippen LogP) is -3.08. The molecule has 79 heavy (non-hydrogen) atoms. The number of amides is 10. The number of carbonyl (C=O) groups excluding carboxylic acids is 12. The standard InChI is InChI=1S/C23H35N5O7S.C22H33N5O7S.C4H12N2S2.H2/c1-35-23(34)17-11-20(31)27(14-17)6-4-25-21(32)15-9-18(29)26(12-15)5-3-24-22(33)16-10-19(30)28(13-16)7-8-36-2;1-34-22(33)16-10-19(30)26(13-16)5-3-24-20(31)14-8-17(28)25(11-14)4-2-23-21(32)15-9-18(29)27(12-15)6-7-35;1-7-4-6-8-3-2-5;/h15-17H,3-14H2,1-2H3,(H,24,33)(H,25,32);14-16,35H,2-13H2,1H3,(H,23,32)(H,24,31);6H,2-5H2,1H3;1H. The summed E-state index contributed by atoms with van der Waals surface area (Å²) < 4.78 is 12.5. The van der Waals surface area contributed by atoms with Gasteiger partial charge in [0, 0.05) is 168 Å². The predicted molar refractivity (Wildman–Crippen MR) is 302 cm³/mol. The molecule has 30 heteroatoms.